The maximum Gasteiger partial charge on any atom is 0.432 e. The van der Waals surface area contributed by atoms with Crippen molar-refractivity contribution >= 4 is 28.9 Å². The van der Waals surface area contributed by atoms with Crippen molar-refractivity contribution in [2.45, 2.75) is 26.4 Å². The Morgan fingerprint density at radius 1 is 1.37 bits per heavy atom. The Kier molecular flexibility index (Phi) is 7.02. The number of benzene rings is 1. The maximum absolute atomic E-state index is 12.9. The van der Waals surface area contributed by atoms with Gasteiger partial charge in [0.2, 0.25) is 5.91 Å². The van der Waals surface area contributed by atoms with Gasteiger partial charge in [-0.2, -0.15) is 13.2 Å². The number of allylic oxidation sites excluding steroid dienone is 3. The van der Waals surface area contributed by atoms with Crippen molar-refractivity contribution in [3.8, 4) is 0 Å². The van der Waals surface area contributed by atoms with Crippen molar-refractivity contribution in [3.05, 3.63) is 64.7 Å². The fourth-order valence-corrected chi connectivity index (χ4v) is 3.04. The molecule has 1 unspecified atom stereocenters. The minimum atomic E-state index is -4.72. The number of hydrogen-bond donors (Lipinski definition) is 2. The van der Waals surface area contributed by atoms with E-state index in [4.69, 9.17) is 21.7 Å². The summed E-state index contributed by atoms with van der Waals surface area (Å²) in [5, 5.41) is 10.4. The van der Waals surface area contributed by atoms with Gasteiger partial charge in [-0.3, -0.25) is 10.2 Å². The number of halogens is 4. The molecule has 0 saturated carbocycles. The molecule has 1 amide bonds. The van der Waals surface area contributed by atoms with Crippen molar-refractivity contribution in [2.24, 2.45) is 5.41 Å². The van der Waals surface area contributed by atoms with E-state index in [0.717, 1.165) is 6.08 Å². The highest BCUT2D eigenvalue weighted by Gasteiger charge is 2.36. The van der Waals surface area contributed by atoms with Crippen molar-refractivity contribution < 1.29 is 22.7 Å². The Labute approximate surface area is 178 Å². The van der Waals surface area contributed by atoms with Gasteiger partial charge in [0.15, 0.2) is 0 Å². The molecule has 0 heterocycles. The van der Waals surface area contributed by atoms with Gasteiger partial charge in [-0.1, -0.05) is 29.8 Å². The molecule has 1 aliphatic carbocycles. The summed E-state index contributed by atoms with van der Waals surface area (Å²) in [6, 6.07) is 6.85. The highest BCUT2D eigenvalue weighted by Crippen LogP contribution is 2.37. The number of para-hydroxylation sites is 1. The number of methoxy groups -OCH3 is 1. The van der Waals surface area contributed by atoms with Gasteiger partial charge in [0, 0.05) is 12.7 Å². The molecule has 5 nitrogen and oxygen atoms in total. The Bertz CT molecular complexity index is 938. The monoisotopic (exact) mass is 441 g/mol. The molecule has 2 N–H and O–H groups in total. The molecule has 0 fully saturated rings. The minimum Gasteiger partial charge on any atom is -0.495 e. The summed E-state index contributed by atoms with van der Waals surface area (Å²) < 4.78 is 43.4. The summed E-state index contributed by atoms with van der Waals surface area (Å²) in [6.45, 7) is 3.19. The average Bonchev–Trinajstić information content (AvgIpc) is 2.68. The molecule has 0 radical (unpaired) electrons. The van der Waals surface area contributed by atoms with Crippen LogP contribution in [0.25, 0.3) is 0 Å². The number of anilines is 1. The summed E-state index contributed by atoms with van der Waals surface area (Å²) in [5.41, 5.74) is -1.21. The van der Waals surface area contributed by atoms with Gasteiger partial charge in [0.05, 0.1) is 28.9 Å². The summed E-state index contributed by atoms with van der Waals surface area (Å²) in [7, 11) is 2.99. The molecule has 162 valence electrons. The SMILES string of the molecule is COC1=CC(C)(C(=O)Nc2ccccc2Cl)CC=C1N(C)/C(C)=C\C(=N)C(F)(F)F. The third-order valence-corrected chi connectivity index (χ3v) is 5.16. The molecule has 0 spiro atoms. The summed E-state index contributed by atoms with van der Waals surface area (Å²) in [4.78, 5) is 14.4. The van der Waals surface area contributed by atoms with Gasteiger partial charge in [0.25, 0.3) is 0 Å². The molecule has 0 saturated heterocycles. The molecule has 9 heteroatoms. The number of carbonyl (C=O) groups is 1. The molecule has 30 heavy (non-hydrogen) atoms. The van der Waals surface area contributed by atoms with E-state index < -0.39 is 17.3 Å². The lowest BCUT2D eigenvalue weighted by molar-refractivity contribution is -0.122. The third kappa shape index (κ3) is 5.24. The Morgan fingerprint density at radius 3 is 2.57 bits per heavy atom. The third-order valence-electron chi connectivity index (χ3n) is 4.83. The molecule has 0 bridgehead atoms. The highest BCUT2D eigenvalue weighted by molar-refractivity contribution is 6.33. The van der Waals surface area contributed by atoms with Gasteiger partial charge >= 0.3 is 6.18 Å². The number of hydrogen-bond acceptors (Lipinski definition) is 4. The second kappa shape index (κ2) is 8.95. The van der Waals surface area contributed by atoms with E-state index in [0.29, 0.717) is 28.6 Å². The van der Waals surface area contributed by atoms with Crippen molar-refractivity contribution in [1.82, 2.24) is 4.90 Å². The first-order valence-corrected chi connectivity index (χ1v) is 9.38. The molecule has 0 aliphatic heterocycles. The quantitative estimate of drug-likeness (QED) is 0.571. The summed E-state index contributed by atoms with van der Waals surface area (Å²) >= 11 is 6.10. The first kappa shape index (κ1) is 23.5. The number of likely N-dealkylation sites (N-methyl/N-ethyl adjacent to an activating group) is 1. The molecular weight excluding hydrogens is 419 g/mol. The Hall–Kier alpha value is -2.74. The standard InChI is InChI=1S/C21H23ClF3N3O2/c1-13(11-18(26)21(23,24)25)28(3)16-9-10-20(2,12-17(16)30-4)19(29)27-15-8-6-5-7-14(15)22/h5-9,11-12,26H,10H2,1-4H3,(H,27,29)/b13-11-,26-18?. The molecular formula is C21H23ClF3N3O2. The van der Waals surface area contributed by atoms with Gasteiger partial charge in [0.1, 0.15) is 11.5 Å². The highest BCUT2D eigenvalue weighted by atomic mass is 35.5. The van der Waals surface area contributed by atoms with Crippen LogP contribution in [-0.2, 0) is 9.53 Å². The Morgan fingerprint density at radius 2 is 2.00 bits per heavy atom. The fraction of sp³-hybridized carbons (Fsp3) is 0.333. The van der Waals surface area contributed by atoms with Gasteiger partial charge in [-0.05, 0) is 44.6 Å². The predicted octanol–water partition coefficient (Wildman–Crippen LogP) is 5.52. The summed E-state index contributed by atoms with van der Waals surface area (Å²) in [6.07, 6.45) is -0.336. The van der Waals surface area contributed by atoms with Crippen molar-refractivity contribution in [2.75, 3.05) is 19.5 Å². The Balaban J connectivity index is 2.25. The second-order valence-electron chi connectivity index (χ2n) is 7.11. The van der Waals surface area contributed by atoms with E-state index in [1.54, 1.807) is 50.4 Å². The number of nitrogens with zero attached hydrogens (tertiary/aromatic N) is 1. The van der Waals surface area contributed by atoms with Crippen LogP contribution < -0.4 is 5.32 Å². The zero-order chi connectivity index (χ0) is 22.7. The van der Waals surface area contributed by atoms with Crippen LogP contribution in [0, 0.1) is 10.8 Å². The number of rotatable bonds is 6. The van der Waals surface area contributed by atoms with Crippen LogP contribution in [0.3, 0.4) is 0 Å². The molecule has 2 rings (SSSR count). The zero-order valence-electron chi connectivity index (χ0n) is 17.0. The zero-order valence-corrected chi connectivity index (χ0v) is 17.8. The average molecular weight is 442 g/mol. The van der Waals surface area contributed by atoms with Crippen LogP contribution in [0.15, 0.2) is 59.6 Å². The molecule has 1 atom stereocenters. The molecule has 1 aromatic rings. The number of amides is 1. The van der Waals surface area contributed by atoms with Crippen LogP contribution >= 0.6 is 11.6 Å². The van der Waals surface area contributed by atoms with E-state index in [9.17, 15) is 18.0 Å². The van der Waals surface area contributed by atoms with E-state index in [1.807, 2.05) is 0 Å². The van der Waals surface area contributed by atoms with E-state index in [-0.39, 0.29) is 11.6 Å². The van der Waals surface area contributed by atoms with Gasteiger partial charge in [-0.15, -0.1) is 0 Å². The minimum absolute atomic E-state index is 0.204. The smallest absolute Gasteiger partial charge is 0.432 e. The van der Waals surface area contributed by atoms with Gasteiger partial charge in [-0.25, -0.2) is 0 Å². The van der Waals surface area contributed by atoms with Crippen LogP contribution in [0.1, 0.15) is 20.3 Å². The molecule has 1 aliphatic rings. The number of ether oxygens (including phenoxy) is 1. The van der Waals surface area contributed by atoms with E-state index in [1.165, 1.54) is 18.9 Å². The van der Waals surface area contributed by atoms with E-state index >= 15 is 0 Å². The van der Waals surface area contributed by atoms with Crippen molar-refractivity contribution in [1.29, 1.82) is 5.41 Å². The topological polar surface area (TPSA) is 65.4 Å². The first-order valence-electron chi connectivity index (χ1n) is 9.00. The summed E-state index contributed by atoms with van der Waals surface area (Å²) in [5.74, 6) is 0.0427. The number of nitrogens with one attached hydrogen (secondary N) is 2. The van der Waals surface area contributed by atoms with Crippen LogP contribution in [0.5, 0.6) is 0 Å². The van der Waals surface area contributed by atoms with Crippen molar-refractivity contribution in [3.63, 3.8) is 0 Å². The lowest BCUT2D eigenvalue weighted by Gasteiger charge is -2.33. The van der Waals surface area contributed by atoms with Crippen LogP contribution in [-0.4, -0.2) is 36.9 Å². The van der Waals surface area contributed by atoms with Crippen LogP contribution in [0.4, 0.5) is 18.9 Å². The normalized spacial score (nSPS) is 19.5. The number of alkyl halides is 3. The van der Waals surface area contributed by atoms with Gasteiger partial charge < -0.3 is 15.0 Å². The largest absolute Gasteiger partial charge is 0.495 e. The lowest BCUT2D eigenvalue weighted by atomic mass is 9.81. The predicted molar refractivity (Wildman–Crippen MR) is 111 cm³/mol. The first-order chi connectivity index (χ1) is 13.9. The fourth-order valence-electron chi connectivity index (χ4n) is 2.86. The number of carbonyl (C=O) groups excluding carboxylic acids is 1. The van der Waals surface area contributed by atoms with E-state index in [2.05, 4.69) is 5.32 Å². The molecule has 0 aromatic heterocycles. The second-order valence-corrected chi connectivity index (χ2v) is 7.52. The molecule has 1 aromatic carbocycles. The lowest BCUT2D eigenvalue weighted by Crippen LogP contribution is -2.35. The van der Waals surface area contributed by atoms with Crippen LogP contribution in [0.2, 0.25) is 5.02 Å². The maximum atomic E-state index is 12.9.